The number of ether oxygens (including phenoxy) is 1. The number of pyridine rings is 1. The molecule has 15 heavy (non-hydrogen) atoms. The zero-order valence-electron chi connectivity index (χ0n) is 8.86. The Morgan fingerprint density at radius 1 is 1.73 bits per heavy atom. The molecule has 1 heterocycles. The standard InChI is InChI=1S/C10H15N3O2/c1-7(6-11)13-9(14)8-4-3-5-12-10(8)15-2/h3-5,7H,6,11H2,1-2H3,(H,13,14). The number of rotatable bonds is 4. The van der Waals surface area contributed by atoms with E-state index in [1.54, 1.807) is 18.3 Å². The van der Waals surface area contributed by atoms with E-state index >= 15 is 0 Å². The molecule has 0 radical (unpaired) electrons. The average molecular weight is 209 g/mol. The summed E-state index contributed by atoms with van der Waals surface area (Å²) in [5.41, 5.74) is 5.82. The molecule has 0 bridgehead atoms. The van der Waals surface area contributed by atoms with Gasteiger partial charge in [-0.2, -0.15) is 0 Å². The third-order valence-corrected chi connectivity index (χ3v) is 1.94. The number of nitrogens with one attached hydrogen (secondary N) is 1. The van der Waals surface area contributed by atoms with Gasteiger partial charge in [-0.3, -0.25) is 4.79 Å². The van der Waals surface area contributed by atoms with Crippen LogP contribution < -0.4 is 15.8 Å². The van der Waals surface area contributed by atoms with E-state index in [2.05, 4.69) is 10.3 Å². The number of hydrogen-bond donors (Lipinski definition) is 2. The first kappa shape index (κ1) is 11.5. The second kappa shape index (κ2) is 5.31. The molecule has 1 aromatic rings. The van der Waals surface area contributed by atoms with Crippen molar-refractivity contribution >= 4 is 5.91 Å². The minimum Gasteiger partial charge on any atom is -0.480 e. The lowest BCUT2D eigenvalue weighted by atomic mass is 10.2. The van der Waals surface area contributed by atoms with Gasteiger partial charge in [0.25, 0.3) is 5.91 Å². The van der Waals surface area contributed by atoms with Gasteiger partial charge in [0.15, 0.2) is 0 Å². The van der Waals surface area contributed by atoms with Crippen molar-refractivity contribution in [1.29, 1.82) is 0 Å². The topological polar surface area (TPSA) is 77.2 Å². The molecule has 0 spiro atoms. The zero-order chi connectivity index (χ0) is 11.3. The highest BCUT2D eigenvalue weighted by atomic mass is 16.5. The van der Waals surface area contributed by atoms with Gasteiger partial charge >= 0.3 is 0 Å². The molecular formula is C10H15N3O2. The lowest BCUT2D eigenvalue weighted by Crippen LogP contribution is -2.37. The molecule has 0 saturated heterocycles. The van der Waals surface area contributed by atoms with Gasteiger partial charge in [0.1, 0.15) is 5.56 Å². The Labute approximate surface area is 88.6 Å². The van der Waals surface area contributed by atoms with Gasteiger partial charge in [0.05, 0.1) is 7.11 Å². The molecule has 3 N–H and O–H groups in total. The number of methoxy groups -OCH3 is 1. The van der Waals surface area contributed by atoms with Crippen molar-refractivity contribution in [3.05, 3.63) is 23.9 Å². The maximum Gasteiger partial charge on any atom is 0.257 e. The van der Waals surface area contributed by atoms with Crippen molar-refractivity contribution in [3.63, 3.8) is 0 Å². The largest absolute Gasteiger partial charge is 0.480 e. The highest BCUT2D eigenvalue weighted by molar-refractivity contribution is 5.96. The van der Waals surface area contributed by atoms with E-state index in [-0.39, 0.29) is 11.9 Å². The van der Waals surface area contributed by atoms with Gasteiger partial charge in [0, 0.05) is 18.8 Å². The number of amides is 1. The van der Waals surface area contributed by atoms with E-state index in [0.717, 1.165) is 0 Å². The smallest absolute Gasteiger partial charge is 0.257 e. The number of aromatic nitrogens is 1. The molecule has 1 unspecified atom stereocenters. The summed E-state index contributed by atoms with van der Waals surface area (Å²) in [7, 11) is 1.48. The van der Waals surface area contributed by atoms with Crippen molar-refractivity contribution in [3.8, 4) is 5.88 Å². The number of nitrogens with zero attached hydrogens (tertiary/aromatic N) is 1. The van der Waals surface area contributed by atoms with E-state index in [0.29, 0.717) is 18.0 Å². The average Bonchev–Trinajstić information content (AvgIpc) is 2.28. The molecule has 0 aliphatic rings. The molecule has 0 saturated carbocycles. The fourth-order valence-electron chi connectivity index (χ4n) is 1.09. The molecule has 82 valence electrons. The molecule has 1 aromatic heterocycles. The molecule has 0 fully saturated rings. The second-order valence-electron chi connectivity index (χ2n) is 3.17. The van der Waals surface area contributed by atoms with Crippen molar-refractivity contribution < 1.29 is 9.53 Å². The van der Waals surface area contributed by atoms with Crippen LogP contribution in [0.3, 0.4) is 0 Å². The summed E-state index contributed by atoms with van der Waals surface area (Å²) in [6.45, 7) is 2.23. The van der Waals surface area contributed by atoms with Crippen LogP contribution in [-0.2, 0) is 0 Å². The van der Waals surface area contributed by atoms with Crippen molar-refractivity contribution in [1.82, 2.24) is 10.3 Å². The van der Waals surface area contributed by atoms with Crippen LogP contribution in [0.25, 0.3) is 0 Å². The van der Waals surface area contributed by atoms with E-state index in [9.17, 15) is 4.79 Å². The quantitative estimate of drug-likeness (QED) is 0.741. The van der Waals surface area contributed by atoms with Crippen LogP contribution in [0, 0.1) is 0 Å². The fraction of sp³-hybridized carbons (Fsp3) is 0.400. The lowest BCUT2D eigenvalue weighted by Gasteiger charge is -2.12. The Bertz CT molecular complexity index is 341. The van der Waals surface area contributed by atoms with Gasteiger partial charge in [-0.15, -0.1) is 0 Å². The first-order valence-electron chi connectivity index (χ1n) is 4.69. The molecule has 0 aliphatic carbocycles. The molecule has 5 nitrogen and oxygen atoms in total. The molecular weight excluding hydrogens is 194 g/mol. The van der Waals surface area contributed by atoms with Gasteiger partial charge in [-0.25, -0.2) is 4.98 Å². The Hall–Kier alpha value is -1.62. The maximum atomic E-state index is 11.7. The SMILES string of the molecule is COc1ncccc1C(=O)NC(C)CN. The fourth-order valence-corrected chi connectivity index (χ4v) is 1.09. The normalized spacial score (nSPS) is 11.9. The number of hydrogen-bond acceptors (Lipinski definition) is 4. The Balaban J connectivity index is 2.81. The summed E-state index contributed by atoms with van der Waals surface area (Å²) >= 11 is 0. The van der Waals surface area contributed by atoms with Crippen LogP contribution in [-0.4, -0.2) is 30.6 Å². The van der Waals surface area contributed by atoms with E-state index < -0.39 is 0 Å². The van der Waals surface area contributed by atoms with Crippen LogP contribution in [0.15, 0.2) is 18.3 Å². The van der Waals surface area contributed by atoms with Crippen LogP contribution in [0.5, 0.6) is 5.88 Å². The van der Waals surface area contributed by atoms with Gasteiger partial charge < -0.3 is 15.8 Å². The van der Waals surface area contributed by atoms with E-state index in [1.165, 1.54) is 7.11 Å². The molecule has 5 heteroatoms. The lowest BCUT2D eigenvalue weighted by molar-refractivity contribution is 0.0937. The monoisotopic (exact) mass is 209 g/mol. The predicted octanol–water partition coefficient (Wildman–Crippen LogP) is 0.167. The van der Waals surface area contributed by atoms with Crippen molar-refractivity contribution in [2.45, 2.75) is 13.0 Å². The van der Waals surface area contributed by atoms with Gasteiger partial charge in [-0.1, -0.05) is 0 Å². The summed E-state index contributed by atoms with van der Waals surface area (Å²) < 4.78 is 4.98. The summed E-state index contributed by atoms with van der Waals surface area (Å²) in [5.74, 6) is 0.0946. The first-order valence-corrected chi connectivity index (χ1v) is 4.69. The Morgan fingerprint density at radius 2 is 2.47 bits per heavy atom. The van der Waals surface area contributed by atoms with Crippen LogP contribution in [0.2, 0.25) is 0 Å². The Morgan fingerprint density at radius 3 is 3.07 bits per heavy atom. The Kier molecular flexibility index (Phi) is 4.05. The van der Waals surface area contributed by atoms with Gasteiger partial charge in [-0.05, 0) is 19.1 Å². The number of carbonyl (C=O) groups is 1. The third kappa shape index (κ3) is 2.92. The molecule has 1 atom stereocenters. The maximum absolute atomic E-state index is 11.7. The first-order chi connectivity index (χ1) is 7.19. The van der Waals surface area contributed by atoms with Crippen LogP contribution in [0.1, 0.15) is 17.3 Å². The molecule has 1 amide bonds. The summed E-state index contributed by atoms with van der Waals surface area (Å²) in [6.07, 6.45) is 1.57. The molecule has 0 aliphatic heterocycles. The summed E-state index contributed by atoms with van der Waals surface area (Å²) in [6, 6.07) is 3.28. The van der Waals surface area contributed by atoms with Crippen molar-refractivity contribution in [2.75, 3.05) is 13.7 Å². The zero-order valence-corrected chi connectivity index (χ0v) is 8.86. The second-order valence-corrected chi connectivity index (χ2v) is 3.17. The van der Waals surface area contributed by atoms with E-state index in [1.807, 2.05) is 6.92 Å². The summed E-state index contributed by atoms with van der Waals surface area (Å²) in [4.78, 5) is 15.6. The highest BCUT2D eigenvalue weighted by Crippen LogP contribution is 2.13. The van der Waals surface area contributed by atoms with E-state index in [4.69, 9.17) is 10.5 Å². The predicted molar refractivity (Wildman–Crippen MR) is 56.8 cm³/mol. The van der Waals surface area contributed by atoms with Crippen molar-refractivity contribution in [2.24, 2.45) is 5.73 Å². The highest BCUT2D eigenvalue weighted by Gasteiger charge is 2.13. The summed E-state index contributed by atoms with van der Waals surface area (Å²) in [5, 5.41) is 2.74. The van der Waals surface area contributed by atoms with Crippen LogP contribution >= 0.6 is 0 Å². The molecule has 1 rings (SSSR count). The number of carbonyl (C=O) groups excluding carboxylic acids is 1. The number of nitrogens with two attached hydrogens (primary N) is 1. The van der Waals surface area contributed by atoms with Gasteiger partial charge in [0.2, 0.25) is 5.88 Å². The minimum atomic E-state index is -0.224. The third-order valence-electron chi connectivity index (χ3n) is 1.94. The van der Waals surface area contributed by atoms with Crippen LogP contribution in [0.4, 0.5) is 0 Å². The minimum absolute atomic E-state index is 0.0672. The molecule has 0 aromatic carbocycles.